The van der Waals surface area contributed by atoms with Crippen molar-refractivity contribution in [3.8, 4) is 0 Å². The van der Waals surface area contributed by atoms with E-state index in [2.05, 4.69) is 21.3 Å². The molecular formula is C22H31N4NaO8S2. The number of hydrogen-bond donors (Lipinski definition) is 6. The number of hydrogen-bond acceptors (Lipinski definition) is 6. The number of benzene rings is 2. The number of rotatable bonds is 9. The molecule has 0 heterocycles. The normalized spacial score (nSPS) is 11.6. The summed E-state index contributed by atoms with van der Waals surface area (Å²) in [6, 6.07) is 6.38. The molecule has 0 radical (unpaired) electrons. The Bertz CT molecular complexity index is 1240. The van der Waals surface area contributed by atoms with Gasteiger partial charge >= 0.3 is 41.6 Å². The first-order chi connectivity index (χ1) is 16.6. The van der Waals surface area contributed by atoms with Gasteiger partial charge in [0.05, 0.1) is 9.79 Å². The molecule has 2 rings (SSSR count). The molecule has 37 heavy (non-hydrogen) atoms. The van der Waals surface area contributed by atoms with Gasteiger partial charge in [-0.1, -0.05) is 12.1 Å². The fraction of sp³-hybridized carbons (Fsp3) is 0.364. The van der Waals surface area contributed by atoms with E-state index in [4.69, 9.17) is 0 Å². The van der Waals surface area contributed by atoms with Crippen molar-refractivity contribution in [2.24, 2.45) is 0 Å². The molecule has 4 amide bonds. The summed E-state index contributed by atoms with van der Waals surface area (Å²) < 4.78 is 67.3. The van der Waals surface area contributed by atoms with Gasteiger partial charge in [0, 0.05) is 23.5 Å². The third-order valence-corrected chi connectivity index (χ3v) is 6.58. The third-order valence-electron chi connectivity index (χ3n) is 4.71. The van der Waals surface area contributed by atoms with Crippen LogP contribution in [0.15, 0.2) is 46.2 Å². The van der Waals surface area contributed by atoms with E-state index in [0.717, 1.165) is 12.1 Å². The molecule has 0 aliphatic carbocycles. The van der Waals surface area contributed by atoms with Crippen LogP contribution in [0.5, 0.6) is 0 Å². The Hall–Kier alpha value is -2.20. The average Bonchev–Trinajstić information content (AvgIpc) is 2.70. The number of anilines is 2. The summed E-state index contributed by atoms with van der Waals surface area (Å²) in [6.07, 6.45) is -0.0621. The second kappa shape index (κ2) is 13.6. The number of aryl methyl sites for hydroxylation is 2. The molecule has 0 unspecified atom stereocenters. The van der Waals surface area contributed by atoms with E-state index in [9.17, 15) is 35.5 Å². The second-order valence-electron chi connectivity index (χ2n) is 8.60. The predicted molar refractivity (Wildman–Crippen MR) is 142 cm³/mol. The molecule has 200 valence electrons. The van der Waals surface area contributed by atoms with E-state index < -0.39 is 42.1 Å². The topological polar surface area (TPSA) is 191 Å². The van der Waals surface area contributed by atoms with Crippen LogP contribution in [0, 0.1) is 0 Å². The molecule has 2 aromatic rings. The predicted octanol–water partition coefficient (Wildman–Crippen LogP) is 2.38. The fourth-order valence-corrected chi connectivity index (χ4v) is 4.84. The van der Waals surface area contributed by atoms with Gasteiger partial charge in [-0.3, -0.25) is 9.11 Å². The Labute approximate surface area is 238 Å². The van der Waals surface area contributed by atoms with Gasteiger partial charge in [-0.2, -0.15) is 16.8 Å². The zero-order valence-electron chi connectivity index (χ0n) is 20.2. The maximum atomic E-state index is 12.0. The van der Waals surface area contributed by atoms with Crippen LogP contribution in [-0.2, 0) is 33.1 Å². The molecule has 0 fully saturated rings. The molecule has 15 heteroatoms. The minimum absolute atomic E-state index is 0. The minimum atomic E-state index is -4.68. The van der Waals surface area contributed by atoms with Crippen LogP contribution >= 0.6 is 0 Å². The van der Waals surface area contributed by atoms with Crippen molar-refractivity contribution in [3.63, 3.8) is 0 Å². The van der Waals surface area contributed by atoms with Gasteiger partial charge in [-0.25, -0.2) is 9.59 Å². The monoisotopic (exact) mass is 566 g/mol. The van der Waals surface area contributed by atoms with E-state index in [1.165, 1.54) is 24.3 Å². The Balaban J connectivity index is 0.00000684. The van der Waals surface area contributed by atoms with E-state index in [0.29, 0.717) is 0 Å². The van der Waals surface area contributed by atoms with Crippen LogP contribution in [0.4, 0.5) is 21.0 Å². The molecule has 12 nitrogen and oxygen atoms in total. The van der Waals surface area contributed by atoms with Crippen LogP contribution in [0.1, 0.15) is 38.8 Å². The molecule has 0 aromatic heterocycles. The van der Waals surface area contributed by atoms with Crippen molar-refractivity contribution >= 4 is 73.2 Å². The summed E-state index contributed by atoms with van der Waals surface area (Å²) in [7, 11) is -9.36. The van der Waals surface area contributed by atoms with Crippen molar-refractivity contribution in [1.82, 2.24) is 10.6 Å². The van der Waals surface area contributed by atoms with Crippen molar-refractivity contribution < 1.29 is 35.5 Å². The van der Waals surface area contributed by atoms with Crippen molar-refractivity contribution in [1.29, 1.82) is 0 Å². The standard InChI is InChI=1S/C22H30N4O8S2.Na.H/c1-13(2)23-21(27)25-17-9-7-15(19(11-17)35(29,30)31)5-6-16-8-10-18(12-20(16)36(32,33)34)26-22(28)24-14(3)4;;/h7-14H,5-6H2,1-4H3,(H2,23,25,27)(H2,24,26,28)(H,29,30,31)(H,32,33,34);;. The summed E-state index contributed by atoms with van der Waals surface area (Å²) in [5.41, 5.74) is 0.565. The van der Waals surface area contributed by atoms with Gasteiger partial charge in [0.15, 0.2) is 0 Å². The van der Waals surface area contributed by atoms with E-state index in [1.54, 1.807) is 27.7 Å². The van der Waals surface area contributed by atoms with Gasteiger partial charge in [-0.15, -0.1) is 0 Å². The Morgan fingerprint density at radius 3 is 1.30 bits per heavy atom. The van der Waals surface area contributed by atoms with Gasteiger partial charge < -0.3 is 21.3 Å². The average molecular weight is 567 g/mol. The second-order valence-corrected chi connectivity index (χ2v) is 11.4. The zero-order chi connectivity index (χ0) is 27.3. The van der Waals surface area contributed by atoms with E-state index in [1.807, 2.05) is 0 Å². The number of carbonyl (C=O) groups is 2. The number of amides is 4. The quantitative estimate of drug-likeness (QED) is 0.197. The van der Waals surface area contributed by atoms with E-state index in [-0.39, 0.29) is 77.0 Å². The van der Waals surface area contributed by atoms with Gasteiger partial charge in [-0.05, 0) is 75.9 Å². The number of urea groups is 2. The van der Waals surface area contributed by atoms with Crippen LogP contribution in [-0.4, -0.2) is 79.6 Å². The van der Waals surface area contributed by atoms with Crippen molar-refractivity contribution in [2.45, 2.75) is 62.4 Å². The molecule has 6 N–H and O–H groups in total. The molecule has 2 aromatic carbocycles. The van der Waals surface area contributed by atoms with Crippen LogP contribution in [0.2, 0.25) is 0 Å². The van der Waals surface area contributed by atoms with E-state index >= 15 is 0 Å². The summed E-state index contributed by atoms with van der Waals surface area (Å²) >= 11 is 0. The Kier molecular flexibility index (Phi) is 12.0. The molecule has 0 aliphatic heterocycles. The number of carbonyl (C=O) groups excluding carboxylic acids is 2. The molecule has 0 saturated heterocycles. The molecular weight excluding hydrogens is 535 g/mol. The van der Waals surface area contributed by atoms with Gasteiger partial charge in [0.2, 0.25) is 0 Å². The van der Waals surface area contributed by atoms with Crippen LogP contribution in [0.25, 0.3) is 0 Å². The molecule has 0 aliphatic rings. The van der Waals surface area contributed by atoms with Crippen LogP contribution < -0.4 is 21.3 Å². The first kappa shape index (κ1) is 32.8. The third kappa shape index (κ3) is 10.6. The first-order valence-corrected chi connectivity index (χ1v) is 13.8. The van der Waals surface area contributed by atoms with Crippen molar-refractivity contribution in [3.05, 3.63) is 47.5 Å². The first-order valence-electron chi connectivity index (χ1n) is 10.9. The molecule has 0 bridgehead atoms. The summed E-state index contributed by atoms with van der Waals surface area (Å²) in [5.74, 6) is 0. The summed E-state index contributed by atoms with van der Waals surface area (Å²) in [6.45, 7) is 6.98. The fourth-order valence-electron chi connectivity index (χ4n) is 3.29. The molecule has 0 atom stereocenters. The molecule has 0 saturated carbocycles. The van der Waals surface area contributed by atoms with Gasteiger partial charge in [0.25, 0.3) is 20.2 Å². The Morgan fingerprint density at radius 1 is 0.703 bits per heavy atom. The zero-order valence-corrected chi connectivity index (χ0v) is 21.8. The Morgan fingerprint density at radius 2 is 1.03 bits per heavy atom. The van der Waals surface area contributed by atoms with Crippen LogP contribution in [0.3, 0.4) is 0 Å². The maximum absolute atomic E-state index is 12.0. The van der Waals surface area contributed by atoms with Gasteiger partial charge in [0.1, 0.15) is 0 Å². The SMILES string of the molecule is CC(C)NC(=O)Nc1ccc(CCc2ccc(NC(=O)NC(C)C)cc2S(=O)(=O)O)c(S(=O)(=O)O)c1.[NaH]. The number of nitrogens with one attached hydrogen (secondary N) is 4. The summed E-state index contributed by atoms with van der Waals surface area (Å²) in [5, 5.41) is 10.1. The molecule has 0 spiro atoms. The summed E-state index contributed by atoms with van der Waals surface area (Å²) in [4.78, 5) is 22.9. The van der Waals surface area contributed by atoms with Crippen molar-refractivity contribution in [2.75, 3.05) is 10.6 Å².